The molecule has 25 heavy (non-hydrogen) atoms. The number of benzene rings is 1. The molecule has 1 N–H and O–H groups in total. The molecule has 0 atom stereocenters. The van der Waals surface area contributed by atoms with Crippen molar-refractivity contribution in [2.75, 3.05) is 5.32 Å². The standard InChI is InChI=1S/C20H22N4O/c1-13(2)19-18(12-21-24(19)17-8-6-5-7-9-17)23-20(25)16-10-14(3)22-15(4)11-16/h5-13H,1-4H3,(H,23,25). The fourth-order valence-corrected chi connectivity index (χ4v) is 2.94. The summed E-state index contributed by atoms with van der Waals surface area (Å²) in [5.41, 5.74) is 4.94. The summed E-state index contributed by atoms with van der Waals surface area (Å²) in [6.07, 6.45) is 1.71. The molecule has 0 aliphatic rings. The number of hydrogen-bond acceptors (Lipinski definition) is 3. The summed E-state index contributed by atoms with van der Waals surface area (Å²) in [5, 5.41) is 7.48. The molecule has 0 saturated carbocycles. The second-order valence-corrected chi connectivity index (χ2v) is 6.44. The SMILES string of the molecule is Cc1cc(C(=O)Nc2cnn(-c3ccccc3)c2C(C)C)cc(C)n1. The highest BCUT2D eigenvalue weighted by atomic mass is 16.1. The van der Waals surface area contributed by atoms with E-state index in [-0.39, 0.29) is 11.8 Å². The second-order valence-electron chi connectivity index (χ2n) is 6.44. The Balaban J connectivity index is 1.95. The number of amides is 1. The summed E-state index contributed by atoms with van der Waals surface area (Å²) in [6.45, 7) is 7.95. The lowest BCUT2D eigenvalue weighted by molar-refractivity contribution is 0.102. The largest absolute Gasteiger partial charge is 0.319 e. The van der Waals surface area contributed by atoms with Gasteiger partial charge in [-0.15, -0.1) is 0 Å². The van der Waals surface area contributed by atoms with Crippen molar-refractivity contribution in [3.05, 3.63) is 71.3 Å². The minimum absolute atomic E-state index is 0.150. The van der Waals surface area contributed by atoms with Gasteiger partial charge in [0.15, 0.2) is 0 Å². The van der Waals surface area contributed by atoms with E-state index >= 15 is 0 Å². The number of carbonyl (C=O) groups is 1. The molecule has 0 aliphatic heterocycles. The zero-order chi connectivity index (χ0) is 18.0. The monoisotopic (exact) mass is 334 g/mol. The molecule has 5 heteroatoms. The van der Waals surface area contributed by atoms with Crippen LogP contribution in [0.4, 0.5) is 5.69 Å². The molecular weight excluding hydrogens is 312 g/mol. The molecule has 1 aromatic carbocycles. The van der Waals surface area contributed by atoms with E-state index in [9.17, 15) is 4.79 Å². The molecule has 0 radical (unpaired) electrons. The van der Waals surface area contributed by atoms with Crippen molar-refractivity contribution in [3.8, 4) is 5.69 Å². The second kappa shape index (κ2) is 6.89. The molecule has 128 valence electrons. The molecule has 1 amide bonds. The minimum atomic E-state index is -0.150. The van der Waals surface area contributed by atoms with Crippen LogP contribution in [0.3, 0.4) is 0 Å². The number of nitrogens with one attached hydrogen (secondary N) is 1. The third kappa shape index (κ3) is 3.60. The summed E-state index contributed by atoms with van der Waals surface area (Å²) in [7, 11) is 0. The zero-order valence-electron chi connectivity index (χ0n) is 14.9. The molecule has 5 nitrogen and oxygen atoms in total. The number of aromatic nitrogens is 3. The third-order valence-electron chi connectivity index (χ3n) is 3.95. The van der Waals surface area contributed by atoms with Crippen LogP contribution >= 0.6 is 0 Å². The summed E-state index contributed by atoms with van der Waals surface area (Å²) >= 11 is 0. The number of hydrogen-bond donors (Lipinski definition) is 1. The highest BCUT2D eigenvalue weighted by molar-refractivity contribution is 6.04. The molecule has 0 saturated heterocycles. The number of nitrogens with zero attached hydrogens (tertiary/aromatic N) is 3. The van der Waals surface area contributed by atoms with Gasteiger partial charge < -0.3 is 5.32 Å². The summed E-state index contributed by atoms with van der Waals surface area (Å²) in [6, 6.07) is 13.5. The summed E-state index contributed by atoms with van der Waals surface area (Å²) in [5.74, 6) is 0.0574. The Morgan fingerprint density at radius 3 is 2.32 bits per heavy atom. The molecule has 0 fully saturated rings. The van der Waals surface area contributed by atoms with Gasteiger partial charge in [-0.3, -0.25) is 9.78 Å². The predicted octanol–water partition coefficient (Wildman–Crippen LogP) is 4.26. The van der Waals surface area contributed by atoms with Crippen molar-refractivity contribution in [2.45, 2.75) is 33.6 Å². The predicted molar refractivity (Wildman–Crippen MR) is 99.3 cm³/mol. The summed E-state index contributed by atoms with van der Waals surface area (Å²) < 4.78 is 1.88. The minimum Gasteiger partial charge on any atom is -0.319 e. The topological polar surface area (TPSA) is 59.8 Å². The first-order valence-electron chi connectivity index (χ1n) is 8.35. The van der Waals surface area contributed by atoms with Gasteiger partial charge >= 0.3 is 0 Å². The lowest BCUT2D eigenvalue weighted by Gasteiger charge is -2.13. The van der Waals surface area contributed by atoms with Crippen LogP contribution in [0.15, 0.2) is 48.7 Å². The van der Waals surface area contributed by atoms with Gasteiger partial charge in [0, 0.05) is 17.0 Å². The van der Waals surface area contributed by atoms with Gasteiger partial charge in [0.1, 0.15) is 0 Å². The van der Waals surface area contributed by atoms with Crippen LogP contribution in [0.5, 0.6) is 0 Å². The molecule has 0 bridgehead atoms. The Bertz CT molecular complexity index is 877. The van der Waals surface area contributed by atoms with Crippen molar-refractivity contribution < 1.29 is 4.79 Å². The fourth-order valence-electron chi connectivity index (χ4n) is 2.94. The van der Waals surface area contributed by atoms with E-state index in [0.717, 1.165) is 28.5 Å². The highest BCUT2D eigenvalue weighted by Crippen LogP contribution is 2.27. The number of aryl methyl sites for hydroxylation is 2. The van der Waals surface area contributed by atoms with E-state index in [0.29, 0.717) is 5.56 Å². The number of carbonyl (C=O) groups excluding carboxylic acids is 1. The van der Waals surface area contributed by atoms with Crippen LogP contribution in [0, 0.1) is 13.8 Å². The fraction of sp³-hybridized carbons (Fsp3) is 0.250. The van der Waals surface area contributed by atoms with E-state index in [1.54, 1.807) is 18.3 Å². The lowest BCUT2D eigenvalue weighted by Crippen LogP contribution is -2.15. The van der Waals surface area contributed by atoms with Crippen LogP contribution in [0.25, 0.3) is 5.69 Å². The van der Waals surface area contributed by atoms with Crippen LogP contribution in [0.1, 0.15) is 47.2 Å². The van der Waals surface area contributed by atoms with Gasteiger partial charge in [-0.2, -0.15) is 5.10 Å². The van der Waals surface area contributed by atoms with Crippen LogP contribution < -0.4 is 5.32 Å². The van der Waals surface area contributed by atoms with E-state index < -0.39 is 0 Å². The number of para-hydroxylation sites is 1. The van der Waals surface area contributed by atoms with Crippen molar-refractivity contribution in [2.24, 2.45) is 0 Å². The number of pyridine rings is 1. The maximum atomic E-state index is 12.7. The van der Waals surface area contributed by atoms with Gasteiger partial charge in [0.25, 0.3) is 5.91 Å². The van der Waals surface area contributed by atoms with Gasteiger partial charge in [-0.25, -0.2) is 4.68 Å². The van der Waals surface area contributed by atoms with Crippen molar-refractivity contribution in [1.29, 1.82) is 0 Å². The molecule has 3 aromatic rings. The Hall–Kier alpha value is -2.95. The lowest BCUT2D eigenvalue weighted by atomic mass is 10.1. The van der Waals surface area contributed by atoms with Gasteiger partial charge in [0.2, 0.25) is 0 Å². The molecule has 0 spiro atoms. The van der Waals surface area contributed by atoms with Crippen LogP contribution in [-0.4, -0.2) is 20.7 Å². The maximum absolute atomic E-state index is 12.7. The van der Waals surface area contributed by atoms with Crippen LogP contribution in [-0.2, 0) is 0 Å². The van der Waals surface area contributed by atoms with Crippen LogP contribution in [0.2, 0.25) is 0 Å². The molecule has 2 aromatic heterocycles. The van der Waals surface area contributed by atoms with E-state index in [1.165, 1.54) is 0 Å². The average molecular weight is 334 g/mol. The van der Waals surface area contributed by atoms with Crippen molar-refractivity contribution in [1.82, 2.24) is 14.8 Å². The molecule has 3 rings (SSSR count). The molecule has 2 heterocycles. The Labute approximate surface area is 147 Å². The van der Waals surface area contributed by atoms with E-state index in [4.69, 9.17) is 0 Å². The number of anilines is 1. The summed E-state index contributed by atoms with van der Waals surface area (Å²) in [4.78, 5) is 17.0. The van der Waals surface area contributed by atoms with Gasteiger partial charge in [-0.1, -0.05) is 32.0 Å². The Morgan fingerprint density at radius 1 is 1.08 bits per heavy atom. The van der Waals surface area contributed by atoms with Crippen molar-refractivity contribution in [3.63, 3.8) is 0 Å². The first-order valence-corrected chi connectivity index (χ1v) is 8.35. The van der Waals surface area contributed by atoms with Gasteiger partial charge in [0.05, 0.1) is 23.3 Å². The Morgan fingerprint density at radius 2 is 1.72 bits per heavy atom. The quantitative estimate of drug-likeness (QED) is 0.775. The highest BCUT2D eigenvalue weighted by Gasteiger charge is 2.18. The average Bonchev–Trinajstić information content (AvgIpc) is 2.98. The normalized spacial score (nSPS) is 10.9. The van der Waals surface area contributed by atoms with E-state index in [2.05, 4.69) is 29.2 Å². The smallest absolute Gasteiger partial charge is 0.255 e. The molecule has 0 aliphatic carbocycles. The first-order chi connectivity index (χ1) is 12.0. The maximum Gasteiger partial charge on any atom is 0.255 e. The van der Waals surface area contributed by atoms with Crippen molar-refractivity contribution >= 4 is 11.6 Å². The molecule has 0 unspecified atom stereocenters. The Kier molecular flexibility index (Phi) is 4.65. The number of rotatable bonds is 4. The zero-order valence-corrected chi connectivity index (χ0v) is 14.9. The van der Waals surface area contributed by atoms with E-state index in [1.807, 2.05) is 48.9 Å². The first kappa shape index (κ1) is 16.9. The molecular formula is C20H22N4O. The third-order valence-corrected chi connectivity index (χ3v) is 3.95. The van der Waals surface area contributed by atoms with Gasteiger partial charge in [-0.05, 0) is 44.0 Å².